The van der Waals surface area contributed by atoms with Gasteiger partial charge in [-0.3, -0.25) is 9.48 Å². The number of hydrogen-bond donors (Lipinski definition) is 2. The summed E-state index contributed by atoms with van der Waals surface area (Å²) in [5.41, 5.74) is -0.119. The number of aromatic nitrogens is 2. The highest BCUT2D eigenvalue weighted by Crippen LogP contribution is 2.48. The van der Waals surface area contributed by atoms with Crippen molar-refractivity contribution in [1.29, 1.82) is 0 Å². The lowest BCUT2D eigenvalue weighted by Gasteiger charge is -2.36. The average Bonchev–Trinajstić information content (AvgIpc) is 3.07. The van der Waals surface area contributed by atoms with E-state index in [2.05, 4.69) is 22.7 Å². The van der Waals surface area contributed by atoms with E-state index >= 15 is 0 Å². The van der Waals surface area contributed by atoms with Gasteiger partial charge in [0.2, 0.25) is 5.91 Å². The van der Waals surface area contributed by atoms with E-state index in [1.807, 2.05) is 16.9 Å². The van der Waals surface area contributed by atoms with Gasteiger partial charge in [-0.15, -0.1) is 12.4 Å². The molecule has 0 unspecified atom stereocenters. The maximum Gasteiger partial charge on any atom is 0.248 e. The Morgan fingerprint density at radius 1 is 1.33 bits per heavy atom. The Bertz CT molecular complexity index is 464. The minimum absolute atomic E-state index is 0. The van der Waals surface area contributed by atoms with Crippen molar-refractivity contribution >= 4 is 18.3 Å². The van der Waals surface area contributed by atoms with Crippen molar-refractivity contribution < 1.29 is 4.79 Å². The SMILES string of the molecule is CCC1(CNC(=O)C2(n3cccn3)CCNCC2)CC1.Cl. The summed E-state index contributed by atoms with van der Waals surface area (Å²) >= 11 is 0. The van der Waals surface area contributed by atoms with Crippen LogP contribution in [-0.4, -0.2) is 35.3 Å². The van der Waals surface area contributed by atoms with Crippen molar-refractivity contribution in [2.75, 3.05) is 19.6 Å². The molecule has 1 aromatic rings. The monoisotopic (exact) mass is 312 g/mol. The van der Waals surface area contributed by atoms with Crippen LogP contribution in [0.1, 0.15) is 39.0 Å². The second kappa shape index (κ2) is 6.36. The van der Waals surface area contributed by atoms with Crippen LogP contribution in [0, 0.1) is 5.41 Å². The fourth-order valence-corrected chi connectivity index (χ4v) is 3.19. The van der Waals surface area contributed by atoms with Gasteiger partial charge in [0, 0.05) is 18.9 Å². The van der Waals surface area contributed by atoms with Gasteiger partial charge in [-0.25, -0.2) is 0 Å². The Morgan fingerprint density at radius 2 is 2.05 bits per heavy atom. The zero-order chi connectivity index (χ0) is 14.1. The Balaban J connectivity index is 0.00000161. The molecule has 2 aliphatic rings. The number of carbonyl (C=O) groups excluding carboxylic acids is 1. The summed E-state index contributed by atoms with van der Waals surface area (Å²) < 4.78 is 1.86. The predicted molar refractivity (Wildman–Crippen MR) is 84.5 cm³/mol. The van der Waals surface area contributed by atoms with Crippen molar-refractivity contribution in [3.05, 3.63) is 18.5 Å². The third kappa shape index (κ3) is 3.09. The van der Waals surface area contributed by atoms with Crippen LogP contribution < -0.4 is 10.6 Å². The van der Waals surface area contributed by atoms with Gasteiger partial charge >= 0.3 is 0 Å². The van der Waals surface area contributed by atoms with Gasteiger partial charge < -0.3 is 10.6 Å². The first-order valence-electron chi connectivity index (χ1n) is 7.70. The molecular weight excluding hydrogens is 288 g/mol. The smallest absolute Gasteiger partial charge is 0.248 e. The molecule has 2 N–H and O–H groups in total. The van der Waals surface area contributed by atoms with E-state index in [1.54, 1.807) is 6.20 Å². The summed E-state index contributed by atoms with van der Waals surface area (Å²) in [5.74, 6) is 0.141. The molecule has 0 spiro atoms. The molecule has 1 aliphatic carbocycles. The molecule has 2 fully saturated rings. The fourth-order valence-electron chi connectivity index (χ4n) is 3.19. The summed E-state index contributed by atoms with van der Waals surface area (Å²) in [6.45, 7) is 4.77. The van der Waals surface area contributed by atoms with Gasteiger partial charge in [0.1, 0.15) is 5.54 Å². The van der Waals surface area contributed by atoms with Crippen LogP contribution in [0.15, 0.2) is 18.5 Å². The zero-order valence-electron chi connectivity index (χ0n) is 12.6. The highest BCUT2D eigenvalue weighted by Gasteiger charge is 2.45. The lowest BCUT2D eigenvalue weighted by Crippen LogP contribution is -2.55. The van der Waals surface area contributed by atoms with Gasteiger partial charge in [-0.1, -0.05) is 6.92 Å². The normalized spacial score (nSPS) is 22.1. The van der Waals surface area contributed by atoms with E-state index in [-0.39, 0.29) is 18.3 Å². The molecule has 5 nitrogen and oxygen atoms in total. The molecule has 0 aromatic carbocycles. The van der Waals surface area contributed by atoms with Crippen LogP contribution in [0.2, 0.25) is 0 Å². The molecule has 0 radical (unpaired) electrons. The van der Waals surface area contributed by atoms with Crippen LogP contribution in [-0.2, 0) is 10.3 Å². The molecule has 1 amide bonds. The maximum absolute atomic E-state index is 12.8. The molecule has 3 rings (SSSR count). The first kappa shape index (κ1) is 16.3. The van der Waals surface area contributed by atoms with Gasteiger partial charge in [-0.05, 0) is 56.7 Å². The van der Waals surface area contributed by atoms with E-state index in [4.69, 9.17) is 0 Å². The lowest BCUT2D eigenvalue weighted by atomic mass is 9.87. The van der Waals surface area contributed by atoms with E-state index in [0.717, 1.165) is 38.9 Å². The number of piperidine rings is 1. The molecule has 1 saturated heterocycles. The van der Waals surface area contributed by atoms with Crippen LogP contribution in [0.4, 0.5) is 0 Å². The number of carbonyl (C=O) groups is 1. The number of amides is 1. The molecule has 118 valence electrons. The number of halogens is 1. The summed E-state index contributed by atoms with van der Waals surface area (Å²) in [6, 6.07) is 1.89. The number of rotatable bonds is 5. The largest absolute Gasteiger partial charge is 0.353 e. The average molecular weight is 313 g/mol. The standard InChI is InChI=1S/C15H24N4O.ClH/c1-2-14(4-5-14)12-17-13(20)15(6-9-16-10-7-15)19-11-3-8-18-19;/h3,8,11,16H,2,4-7,9-10,12H2,1H3,(H,17,20);1H. The molecule has 0 bridgehead atoms. The molecule has 1 aliphatic heterocycles. The summed E-state index contributed by atoms with van der Waals surface area (Å²) in [5, 5.41) is 10.9. The van der Waals surface area contributed by atoms with Crippen molar-refractivity contribution in [3.8, 4) is 0 Å². The van der Waals surface area contributed by atoms with Crippen molar-refractivity contribution in [1.82, 2.24) is 20.4 Å². The minimum atomic E-state index is -0.501. The third-order valence-corrected chi connectivity index (χ3v) is 5.13. The first-order chi connectivity index (χ1) is 9.71. The highest BCUT2D eigenvalue weighted by molar-refractivity contribution is 5.85. The van der Waals surface area contributed by atoms with E-state index in [9.17, 15) is 4.79 Å². The van der Waals surface area contributed by atoms with Crippen LogP contribution in [0.25, 0.3) is 0 Å². The number of nitrogens with zero attached hydrogens (tertiary/aromatic N) is 2. The van der Waals surface area contributed by atoms with Gasteiger partial charge in [-0.2, -0.15) is 5.10 Å². The molecule has 1 saturated carbocycles. The molecule has 21 heavy (non-hydrogen) atoms. The molecule has 2 heterocycles. The summed E-state index contributed by atoms with van der Waals surface area (Å²) in [7, 11) is 0. The second-order valence-corrected chi connectivity index (χ2v) is 6.27. The topological polar surface area (TPSA) is 59.0 Å². The fraction of sp³-hybridized carbons (Fsp3) is 0.733. The summed E-state index contributed by atoms with van der Waals surface area (Å²) in [6.07, 6.45) is 8.94. The molecule has 1 aromatic heterocycles. The zero-order valence-corrected chi connectivity index (χ0v) is 13.4. The quantitative estimate of drug-likeness (QED) is 0.870. The van der Waals surface area contributed by atoms with Gasteiger partial charge in [0.05, 0.1) is 0 Å². The molecule has 6 heteroatoms. The second-order valence-electron chi connectivity index (χ2n) is 6.27. The van der Waals surface area contributed by atoms with E-state index < -0.39 is 5.54 Å². The number of hydrogen-bond acceptors (Lipinski definition) is 3. The highest BCUT2D eigenvalue weighted by atomic mass is 35.5. The Kier molecular flexibility index (Phi) is 4.94. The number of nitrogens with one attached hydrogen (secondary N) is 2. The Hall–Kier alpha value is -1.07. The maximum atomic E-state index is 12.8. The third-order valence-electron chi connectivity index (χ3n) is 5.13. The van der Waals surface area contributed by atoms with E-state index in [1.165, 1.54) is 12.8 Å². The Morgan fingerprint density at radius 3 is 2.57 bits per heavy atom. The van der Waals surface area contributed by atoms with Crippen molar-refractivity contribution in [2.24, 2.45) is 5.41 Å². The molecular formula is C15H25ClN4O. The van der Waals surface area contributed by atoms with Crippen LogP contribution >= 0.6 is 12.4 Å². The van der Waals surface area contributed by atoms with Crippen LogP contribution in [0.3, 0.4) is 0 Å². The first-order valence-corrected chi connectivity index (χ1v) is 7.70. The minimum Gasteiger partial charge on any atom is -0.353 e. The van der Waals surface area contributed by atoms with Crippen molar-refractivity contribution in [3.63, 3.8) is 0 Å². The Labute approximate surface area is 132 Å². The van der Waals surface area contributed by atoms with E-state index in [0.29, 0.717) is 5.41 Å². The summed E-state index contributed by atoms with van der Waals surface area (Å²) in [4.78, 5) is 12.8. The van der Waals surface area contributed by atoms with Crippen LogP contribution in [0.5, 0.6) is 0 Å². The van der Waals surface area contributed by atoms with Crippen molar-refractivity contribution in [2.45, 2.75) is 44.6 Å². The van der Waals surface area contributed by atoms with Gasteiger partial charge in [0.25, 0.3) is 0 Å². The predicted octanol–water partition coefficient (Wildman–Crippen LogP) is 1.69. The van der Waals surface area contributed by atoms with Gasteiger partial charge in [0.15, 0.2) is 0 Å². The lowest BCUT2D eigenvalue weighted by molar-refractivity contribution is -0.132. The molecule has 0 atom stereocenters.